The Morgan fingerprint density at radius 1 is 0.594 bits per heavy atom. The van der Waals surface area contributed by atoms with E-state index in [2.05, 4.69) is 65.2 Å². The molecule has 4 nitrogen and oxygen atoms in total. The molecule has 0 spiro atoms. The zero-order valence-electron chi connectivity index (χ0n) is 21.1. The van der Waals surface area contributed by atoms with Gasteiger partial charge in [0.05, 0.1) is 0 Å². The van der Waals surface area contributed by atoms with E-state index >= 15 is 0 Å². The molecule has 0 bridgehead atoms. The van der Waals surface area contributed by atoms with Crippen molar-refractivity contribution in [3.05, 3.63) is 58.7 Å². The van der Waals surface area contributed by atoms with Gasteiger partial charge < -0.3 is 10.2 Å². The SMILES string of the molecule is CC(C)N(Cc1ccc(/C=C/c2ccc(CN(C(C)C)C(C)C)c(O)c2)cc1O)C(C)C. The standard InChI is InChI=1S/C28H42N2O2/c1-19(2)29(20(3)4)17-25-13-11-23(15-27(25)31)9-10-24-12-14-26(28(32)16-24)18-30(21(5)6)22(7)8/h9-16,19-22,31-32H,17-18H2,1-8H3/b10-9+. The molecule has 32 heavy (non-hydrogen) atoms. The predicted molar refractivity (Wildman–Crippen MR) is 137 cm³/mol. The molecule has 2 aromatic rings. The molecule has 0 atom stereocenters. The monoisotopic (exact) mass is 438 g/mol. The minimum Gasteiger partial charge on any atom is -0.508 e. The molecular weight excluding hydrogens is 396 g/mol. The first-order valence-electron chi connectivity index (χ1n) is 11.8. The van der Waals surface area contributed by atoms with Gasteiger partial charge >= 0.3 is 0 Å². The highest BCUT2D eigenvalue weighted by Crippen LogP contribution is 2.26. The van der Waals surface area contributed by atoms with Crippen molar-refractivity contribution < 1.29 is 10.2 Å². The number of aromatic hydroxyl groups is 2. The summed E-state index contributed by atoms with van der Waals surface area (Å²) >= 11 is 0. The zero-order chi connectivity index (χ0) is 24.0. The second kappa shape index (κ2) is 11.5. The third kappa shape index (κ3) is 7.11. The van der Waals surface area contributed by atoms with Crippen LogP contribution in [0.1, 0.15) is 77.6 Å². The maximum Gasteiger partial charge on any atom is 0.120 e. The van der Waals surface area contributed by atoms with Crippen LogP contribution in [-0.4, -0.2) is 44.2 Å². The number of phenols is 2. The molecule has 0 unspecified atom stereocenters. The summed E-state index contributed by atoms with van der Waals surface area (Å²) in [6.45, 7) is 18.9. The Hall–Kier alpha value is -2.30. The number of rotatable bonds is 10. The molecule has 0 aromatic heterocycles. The molecule has 2 rings (SSSR count). The quantitative estimate of drug-likeness (QED) is 0.415. The number of benzene rings is 2. The topological polar surface area (TPSA) is 46.9 Å². The Bertz CT molecular complexity index is 811. The highest BCUT2D eigenvalue weighted by molar-refractivity contribution is 5.71. The number of phenolic OH excluding ortho intramolecular Hbond substituents is 2. The van der Waals surface area contributed by atoms with E-state index in [1.165, 1.54) is 0 Å². The van der Waals surface area contributed by atoms with E-state index in [4.69, 9.17) is 0 Å². The molecule has 0 radical (unpaired) electrons. The summed E-state index contributed by atoms with van der Waals surface area (Å²) in [7, 11) is 0. The van der Waals surface area contributed by atoms with Crippen LogP contribution in [0.2, 0.25) is 0 Å². The molecule has 2 N–H and O–H groups in total. The first kappa shape index (κ1) is 26.0. The molecule has 4 heteroatoms. The van der Waals surface area contributed by atoms with Crippen LogP contribution in [0, 0.1) is 0 Å². The molecule has 0 saturated heterocycles. The summed E-state index contributed by atoms with van der Waals surface area (Å²) in [5.41, 5.74) is 3.74. The second-order valence-electron chi connectivity index (χ2n) is 9.83. The van der Waals surface area contributed by atoms with E-state index in [0.29, 0.717) is 35.7 Å². The lowest BCUT2D eigenvalue weighted by Crippen LogP contribution is -2.36. The Morgan fingerprint density at radius 3 is 1.16 bits per heavy atom. The summed E-state index contributed by atoms with van der Waals surface area (Å²) in [5.74, 6) is 0.637. The lowest BCUT2D eigenvalue weighted by molar-refractivity contribution is 0.164. The summed E-state index contributed by atoms with van der Waals surface area (Å²) in [5, 5.41) is 21.1. The average Bonchev–Trinajstić information content (AvgIpc) is 2.69. The van der Waals surface area contributed by atoms with Crippen LogP contribution in [0.3, 0.4) is 0 Å². The summed E-state index contributed by atoms with van der Waals surface area (Å²) < 4.78 is 0. The van der Waals surface area contributed by atoms with Gasteiger partial charge in [0.2, 0.25) is 0 Å². The van der Waals surface area contributed by atoms with Gasteiger partial charge in [0.1, 0.15) is 11.5 Å². The molecule has 0 aliphatic carbocycles. The largest absolute Gasteiger partial charge is 0.508 e. The maximum atomic E-state index is 10.5. The fourth-order valence-electron chi connectivity index (χ4n) is 4.15. The lowest BCUT2D eigenvalue weighted by atomic mass is 10.0. The fourth-order valence-corrected chi connectivity index (χ4v) is 4.15. The second-order valence-corrected chi connectivity index (χ2v) is 9.83. The van der Waals surface area contributed by atoms with E-state index in [1.54, 1.807) is 0 Å². The predicted octanol–water partition coefficient (Wildman–Crippen LogP) is 6.51. The smallest absolute Gasteiger partial charge is 0.120 e. The molecule has 0 amide bonds. The first-order chi connectivity index (χ1) is 15.0. The summed E-state index contributed by atoms with van der Waals surface area (Å²) in [6.07, 6.45) is 3.93. The van der Waals surface area contributed by atoms with Gasteiger partial charge in [-0.1, -0.05) is 36.4 Å². The molecule has 2 aromatic carbocycles. The number of nitrogens with zero attached hydrogens (tertiary/aromatic N) is 2. The zero-order valence-corrected chi connectivity index (χ0v) is 21.1. The van der Waals surface area contributed by atoms with E-state index < -0.39 is 0 Å². The van der Waals surface area contributed by atoms with Crippen molar-refractivity contribution in [2.24, 2.45) is 0 Å². The van der Waals surface area contributed by atoms with E-state index in [0.717, 1.165) is 35.3 Å². The van der Waals surface area contributed by atoms with Gasteiger partial charge in [0.15, 0.2) is 0 Å². The van der Waals surface area contributed by atoms with Gasteiger partial charge in [0.25, 0.3) is 0 Å². The summed E-state index contributed by atoms with van der Waals surface area (Å²) in [4.78, 5) is 4.71. The third-order valence-corrected chi connectivity index (χ3v) is 6.05. The van der Waals surface area contributed by atoms with Crippen molar-refractivity contribution in [2.45, 2.75) is 92.6 Å². The van der Waals surface area contributed by atoms with Crippen molar-refractivity contribution >= 4 is 12.2 Å². The van der Waals surface area contributed by atoms with Crippen molar-refractivity contribution in [2.75, 3.05) is 0 Å². The van der Waals surface area contributed by atoms with Crippen LogP contribution in [0.4, 0.5) is 0 Å². The Balaban J connectivity index is 2.13. The van der Waals surface area contributed by atoms with Gasteiger partial charge in [-0.05, 0) is 78.6 Å². The molecular formula is C28H42N2O2. The van der Waals surface area contributed by atoms with Gasteiger partial charge in [-0.2, -0.15) is 0 Å². The van der Waals surface area contributed by atoms with Crippen molar-refractivity contribution in [1.29, 1.82) is 0 Å². The highest BCUT2D eigenvalue weighted by atomic mass is 16.3. The fraction of sp³-hybridized carbons (Fsp3) is 0.500. The van der Waals surface area contributed by atoms with Crippen LogP contribution >= 0.6 is 0 Å². The number of hydrogen-bond donors (Lipinski definition) is 2. The van der Waals surface area contributed by atoms with E-state index in [9.17, 15) is 10.2 Å². The van der Waals surface area contributed by atoms with Crippen molar-refractivity contribution in [3.63, 3.8) is 0 Å². The lowest BCUT2D eigenvalue weighted by Gasteiger charge is -2.30. The van der Waals surface area contributed by atoms with Gasteiger partial charge in [-0.25, -0.2) is 0 Å². The summed E-state index contributed by atoms with van der Waals surface area (Å²) in [6, 6.07) is 13.3. The van der Waals surface area contributed by atoms with Crippen LogP contribution < -0.4 is 0 Å². The number of hydrogen-bond acceptors (Lipinski definition) is 4. The van der Waals surface area contributed by atoms with Gasteiger partial charge in [-0.15, -0.1) is 0 Å². The first-order valence-corrected chi connectivity index (χ1v) is 11.8. The van der Waals surface area contributed by atoms with Crippen molar-refractivity contribution in [3.8, 4) is 11.5 Å². The Morgan fingerprint density at radius 2 is 0.906 bits per heavy atom. The molecule has 176 valence electrons. The van der Waals surface area contributed by atoms with Crippen LogP contribution in [0.15, 0.2) is 36.4 Å². The van der Waals surface area contributed by atoms with E-state index in [-0.39, 0.29) is 0 Å². The molecule has 0 aliphatic heterocycles. The molecule has 0 aliphatic rings. The van der Waals surface area contributed by atoms with Crippen LogP contribution in [0.5, 0.6) is 11.5 Å². The van der Waals surface area contributed by atoms with Gasteiger partial charge in [0, 0.05) is 48.4 Å². The van der Waals surface area contributed by atoms with Crippen molar-refractivity contribution in [1.82, 2.24) is 9.80 Å². The minimum atomic E-state index is 0.319. The minimum absolute atomic E-state index is 0.319. The normalized spacial score (nSPS) is 12.6. The molecule has 0 saturated carbocycles. The average molecular weight is 439 g/mol. The maximum absolute atomic E-state index is 10.5. The van der Waals surface area contributed by atoms with E-state index in [1.807, 2.05) is 48.6 Å². The van der Waals surface area contributed by atoms with Crippen LogP contribution in [0.25, 0.3) is 12.2 Å². The Kier molecular flexibility index (Phi) is 9.35. The van der Waals surface area contributed by atoms with Crippen LogP contribution in [-0.2, 0) is 13.1 Å². The van der Waals surface area contributed by atoms with Gasteiger partial charge in [-0.3, -0.25) is 9.80 Å². The molecule has 0 heterocycles. The molecule has 0 fully saturated rings. The Labute approximate surface area is 195 Å². The highest BCUT2D eigenvalue weighted by Gasteiger charge is 2.16. The third-order valence-electron chi connectivity index (χ3n) is 6.05.